The number of carbonyl (C=O) groups excluding carboxylic acids is 3. The third kappa shape index (κ3) is 5.60. The molecule has 0 aromatic heterocycles. The lowest BCUT2D eigenvalue weighted by Crippen LogP contribution is -2.22. The number of carboxylic acid groups (broad SMARTS) is 1. The summed E-state index contributed by atoms with van der Waals surface area (Å²) in [5.74, 6) is -1.96. The second-order valence-electron chi connectivity index (χ2n) is 5.73. The Morgan fingerprint density at radius 1 is 1.00 bits per heavy atom. The monoisotopic (exact) mass is 373 g/mol. The average molecular weight is 374 g/mol. The molecule has 0 unspecified atom stereocenters. The van der Waals surface area contributed by atoms with Crippen LogP contribution in [0.15, 0.2) is 42.5 Å². The molecule has 7 heteroatoms. The van der Waals surface area contributed by atoms with Gasteiger partial charge in [-0.1, -0.05) is 29.8 Å². The average Bonchev–Trinajstić information content (AvgIpc) is 2.58. The molecule has 0 aliphatic heterocycles. The molecule has 136 valence electrons. The van der Waals surface area contributed by atoms with Crippen LogP contribution in [0.5, 0.6) is 0 Å². The fourth-order valence-electron chi connectivity index (χ4n) is 2.31. The van der Waals surface area contributed by atoms with Crippen LogP contribution in [0.3, 0.4) is 0 Å². The van der Waals surface area contributed by atoms with Crippen LogP contribution in [-0.2, 0) is 9.59 Å². The van der Waals surface area contributed by atoms with Crippen LogP contribution in [0.25, 0.3) is 0 Å². The number of carboxylic acids is 1. The van der Waals surface area contributed by atoms with Gasteiger partial charge in [0.15, 0.2) is 0 Å². The molecule has 0 radical (unpaired) electrons. The molecule has 2 aromatic carbocycles. The first-order chi connectivity index (χ1) is 12.4. The summed E-state index contributed by atoms with van der Waals surface area (Å²) in [6.45, 7) is 1.84. The van der Waals surface area contributed by atoms with Gasteiger partial charge in [0.05, 0.1) is 11.3 Å². The number of amides is 2. The molecular weight excluding hydrogens is 356 g/mol. The zero-order valence-corrected chi connectivity index (χ0v) is 14.9. The first kappa shape index (κ1) is 19.5. The lowest BCUT2D eigenvalue weighted by molar-refractivity contribution is -0.305. The summed E-state index contributed by atoms with van der Waals surface area (Å²) < 4.78 is 0. The molecule has 0 heterocycles. The van der Waals surface area contributed by atoms with Gasteiger partial charge in [0.1, 0.15) is 0 Å². The van der Waals surface area contributed by atoms with E-state index in [-0.39, 0.29) is 31.1 Å². The summed E-state index contributed by atoms with van der Waals surface area (Å²) in [7, 11) is 0. The first-order valence-corrected chi connectivity index (χ1v) is 8.41. The van der Waals surface area contributed by atoms with E-state index in [0.717, 1.165) is 5.56 Å². The highest BCUT2D eigenvalue weighted by Gasteiger charge is 2.14. The molecule has 0 saturated heterocycles. The Bertz CT molecular complexity index is 836. The lowest BCUT2D eigenvalue weighted by Gasteiger charge is -2.13. The number of nitrogens with one attached hydrogen (secondary N) is 2. The van der Waals surface area contributed by atoms with E-state index >= 15 is 0 Å². The van der Waals surface area contributed by atoms with Crippen molar-refractivity contribution in [1.82, 2.24) is 0 Å². The minimum Gasteiger partial charge on any atom is -0.550 e. The third-order valence-electron chi connectivity index (χ3n) is 3.68. The van der Waals surface area contributed by atoms with Gasteiger partial charge in [0, 0.05) is 23.1 Å². The summed E-state index contributed by atoms with van der Waals surface area (Å²) in [6, 6.07) is 11.7. The molecule has 0 atom stereocenters. The van der Waals surface area contributed by atoms with Crippen molar-refractivity contribution in [1.29, 1.82) is 0 Å². The van der Waals surface area contributed by atoms with Crippen molar-refractivity contribution in [2.75, 3.05) is 10.6 Å². The number of aryl methyl sites for hydroxylation is 1. The molecule has 0 aliphatic carbocycles. The molecule has 0 fully saturated rings. The van der Waals surface area contributed by atoms with Gasteiger partial charge in [-0.15, -0.1) is 0 Å². The quantitative estimate of drug-likeness (QED) is 0.779. The van der Waals surface area contributed by atoms with Crippen LogP contribution in [-0.4, -0.2) is 17.8 Å². The minimum absolute atomic E-state index is 0.0251. The number of hydrogen-bond acceptors (Lipinski definition) is 4. The van der Waals surface area contributed by atoms with Gasteiger partial charge in [-0.05, 0) is 49.6 Å². The largest absolute Gasteiger partial charge is 0.550 e. The van der Waals surface area contributed by atoms with Crippen molar-refractivity contribution in [2.45, 2.75) is 26.2 Å². The topological polar surface area (TPSA) is 98.3 Å². The van der Waals surface area contributed by atoms with Crippen LogP contribution < -0.4 is 15.7 Å². The summed E-state index contributed by atoms with van der Waals surface area (Å²) in [4.78, 5) is 34.9. The van der Waals surface area contributed by atoms with E-state index in [0.29, 0.717) is 22.0 Å². The van der Waals surface area contributed by atoms with Crippen LogP contribution in [0, 0.1) is 6.92 Å². The van der Waals surface area contributed by atoms with Crippen molar-refractivity contribution in [3.8, 4) is 0 Å². The van der Waals surface area contributed by atoms with E-state index in [1.54, 1.807) is 42.5 Å². The highest BCUT2D eigenvalue weighted by molar-refractivity contribution is 6.31. The van der Waals surface area contributed by atoms with Crippen LogP contribution >= 0.6 is 11.6 Å². The molecule has 26 heavy (non-hydrogen) atoms. The Kier molecular flexibility index (Phi) is 6.74. The van der Waals surface area contributed by atoms with Crippen molar-refractivity contribution in [3.63, 3.8) is 0 Å². The summed E-state index contributed by atoms with van der Waals surface area (Å²) in [5.41, 5.74) is 2.08. The maximum absolute atomic E-state index is 12.6. The molecule has 2 aromatic rings. The first-order valence-electron chi connectivity index (χ1n) is 8.03. The van der Waals surface area contributed by atoms with Gasteiger partial charge in [-0.25, -0.2) is 0 Å². The van der Waals surface area contributed by atoms with Crippen molar-refractivity contribution in [3.05, 3.63) is 58.6 Å². The van der Waals surface area contributed by atoms with Crippen molar-refractivity contribution >= 4 is 40.8 Å². The zero-order valence-electron chi connectivity index (χ0n) is 14.2. The Balaban J connectivity index is 2.10. The molecular formula is C19H18ClN2O4-. The van der Waals surface area contributed by atoms with E-state index in [1.165, 1.54) is 0 Å². The van der Waals surface area contributed by atoms with E-state index in [2.05, 4.69) is 10.6 Å². The van der Waals surface area contributed by atoms with E-state index in [4.69, 9.17) is 11.6 Å². The zero-order chi connectivity index (χ0) is 19.1. The summed E-state index contributed by atoms with van der Waals surface area (Å²) in [6.07, 6.45) is 0.00513. The Morgan fingerprint density at radius 2 is 1.73 bits per heavy atom. The van der Waals surface area contributed by atoms with Crippen molar-refractivity contribution in [2.24, 2.45) is 0 Å². The molecule has 0 bridgehead atoms. The molecule has 0 spiro atoms. The number of benzene rings is 2. The normalized spacial score (nSPS) is 10.2. The fraction of sp³-hybridized carbons (Fsp3) is 0.211. The molecule has 2 rings (SSSR count). The number of carbonyl (C=O) groups is 3. The highest BCUT2D eigenvalue weighted by Crippen LogP contribution is 2.23. The molecule has 0 aliphatic rings. The third-order valence-corrected chi connectivity index (χ3v) is 3.91. The number of para-hydroxylation sites is 1. The van der Waals surface area contributed by atoms with E-state index < -0.39 is 5.97 Å². The van der Waals surface area contributed by atoms with Crippen LogP contribution in [0.1, 0.15) is 35.2 Å². The summed E-state index contributed by atoms with van der Waals surface area (Å²) in [5, 5.41) is 16.3. The number of hydrogen-bond donors (Lipinski definition) is 2. The van der Waals surface area contributed by atoms with Crippen LogP contribution in [0.4, 0.5) is 11.4 Å². The highest BCUT2D eigenvalue weighted by atomic mass is 35.5. The summed E-state index contributed by atoms with van der Waals surface area (Å²) >= 11 is 5.96. The number of halogens is 1. The Labute approximate surface area is 156 Å². The smallest absolute Gasteiger partial charge is 0.257 e. The maximum atomic E-state index is 12.6. The number of aliphatic carboxylic acids is 1. The SMILES string of the molecule is Cc1ccc(Cl)cc1NC(=O)c1ccccc1NC(=O)CCCC(=O)[O-]. The maximum Gasteiger partial charge on any atom is 0.257 e. The van der Waals surface area contributed by atoms with Gasteiger partial charge in [-0.3, -0.25) is 9.59 Å². The Morgan fingerprint density at radius 3 is 2.46 bits per heavy atom. The van der Waals surface area contributed by atoms with Gasteiger partial charge in [-0.2, -0.15) is 0 Å². The van der Waals surface area contributed by atoms with Crippen LogP contribution in [0.2, 0.25) is 5.02 Å². The van der Waals surface area contributed by atoms with Crippen molar-refractivity contribution < 1.29 is 19.5 Å². The van der Waals surface area contributed by atoms with Gasteiger partial charge >= 0.3 is 0 Å². The Hall–Kier alpha value is -2.86. The fourth-order valence-corrected chi connectivity index (χ4v) is 2.49. The molecule has 2 N–H and O–H groups in total. The van der Waals surface area contributed by atoms with E-state index in [9.17, 15) is 19.5 Å². The predicted octanol–water partition coefficient (Wildman–Crippen LogP) is 2.76. The molecule has 2 amide bonds. The predicted molar refractivity (Wildman–Crippen MR) is 98.1 cm³/mol. The van der Waals surface area contributed by atoms with Gasteiger partial charge in [0.2, 0.25) is 5.91 Å². The second-order valence-corrected chi connectivity index (χ2v) is 6.17. The van der Waals surface area contributed by atoms with Gasteiger partial charge in [0.25, 0.3) is 5.91 Å². The van der Waals surface area contributed by atoms with E-state index in [1.807, 2.05) is 6.92 Å². The number of rotatable bonds is 7. The van der Waals surface area contributed by atoms with Gasteiger partial charge < -0.3 is 20.5 Å². The molecule has 6 nitrogen and oxygen atoms in total. The standard InChI is InChI=1S/C19H19ClN2O4/c1-12-9-10-13(20)11-16(12)22-19(26)14-5-2-3-6-15(14)21-17(23)7-4-8-18(24)25/h2-3,5-6,9-11H,4,7-8H2,1H3,(H,21,23)(H,22,26)(H,24,25)/p-1. The molecule has 0 saturated carbocycles. The second kappa shape index (κ2) is 9.01. The minimum atomic E-state index is -1.20. The number of anilines is 2. The lowest BCUT2D eigenvalue weighted by atomic mass is 10.1.